The standard InChI is InChI=1S/C32H39F2N3O7/c1-18-24(15-38)37-14-25(18)43-28-27(35-22-9-8-20(41-4)11-23(22)36-28)32(33,34)10-6-5-7-19-13-31(19,3)44-26(39)12-21(29(37)40)30(2)16-42-17-30/h8-9,11,15,18-19,21,24-25H,5-7,10,12-14,16-17H2,1-4H3/t18-,19+,21+,24+,25-,31+/m0/s1. The van der Waals surface area contributed by atoms with Crippen molar-refractivity contribution in [2.45, 2.75) is 83.0 Å². The Morgan fingerprint density at radius 2 is 1.89 bits per heavy atom. The minimum absolute atomic E-state index is 0.0471. The van der Waals surface area contributed by atoms with E-state index in [1.54, 1.807) is 25.1 Å². The van der Waals surface area contributed by atoms with Crippen LogP contribution in [0, 0.1) is 23.2 Å². The van der Waals surface area contributed by atoms with E-state index in [1.165, 1.54) is 12.0 Å². The largest absolute Gasteiger partial charge is 0.497 e. The Labute approximate surface area is 254 Å². The van der Waals surface area contributed by atoms with Gasteiger partial charge >= 0.3 is 5.97 Å². The zero-order valence-electron chi connectivity index (χ0n) is 25.5. The van der Waals surface area contributed by atoms with E-state index >= 15 is 8.78 Å². The fourth-order valence-electron chi connectivity index (χ4n) is 6.92. The van der Waals surface area contributed by atoms with Crippen LogP contribution < -0.4 is 9.47 Å². The van der Waals surface area contributed by atoms with Crippen LogP contribution in [0.5, 0.6) is 11.6 Å². The molecule has 44 heavy (non-hydrogen) atoms. The number of aromatic nitrogens is 2. The van der Waals surface area contributed by atoms with Crippen molar-refractivity contribution in [2.24, 2.45) is 23.2 Å². The number of carbonyl (C=O) groups excluding carboxylic acids is 3. The summed E-state index contributed by atoms with van der Waals surface area (Å²) in [6.07, 6.45) is 1.26. The number of hydrogen-bond donors (Lipinski definition) is 0. The second kappa shape index (κ2) is 11.2. The third-order valence-corrected chi connectivity index (χ3v) is 10.1. The minimum Gasteiger partial charge on any atom is -0.497 e. The number of esters is 1. The number of ether oxygens (including phenoxy) is 4. The molecule has 1 aromatic heterocycles. The first-order valence-corrected chi connectivity index (χ1v) is 15.3. The van der Waals surface area contributed by atoms with Crippen LogP contribution in [0.1, 0.15) is 65.0 Å². The van der Waals surface area contributed by atoms with Gasteiger partial charge in [0.05, 0.1) is 56.3 Å². The first-order chi connectivity index (χ1) is 20.9. The van der Waals surface area contributed by atoms with Crippen LogP contribution >= 0.6 is 0 Å². The minimum atomic E-state index is -3.35. The van der Waals surface area contributed by atoms with Gasteiger partial charge in [-0.2, -0.15) is 8.78 Å². The van der Waals surface area contributed by atoms with Gasteiger partial charge in [0.15, 0.2) is 5.69 Å². The van der Waals surface area contributed by atoms with Gasteiger partial charge in [0, 0.05) is 29.7 Å². The van der Waals surface area contributed by atoms with Gasteiger partial charge in [-0.05, 0) is 38.3 Å². The average molecular weight is 616 g/mol. The first-order valence-electron chi connectivity index (χ1n) is 15.3. The number of benzene rings is 1. The number of alkyl halides is 2. The molecule has 1 aliphatic carbocycles. The van der Waals surface area contributed by atoms with Gasteiger partial charge in [-0.15, -0.1) is 0 Å². The van der Waals surface area contributed by atoms with Gasteiger partial charge in [0.25, 0.3) is 5.92 Å². The number of hydrogen-bond acceptors (Lipinski definition) is 9. The Hall–Kier alpha value is -3.41. The van der Waals surface area contributed by atoms with Crippen LogP contribution in [-0.2, 0) is 29.8 Å². The summed E-state index contributed by atoms with van der Waals surface area (Å²) in [5, 5.41) is 0. The smallest absolute Gasteiger partial charge is 0.307 e. The maximum Gasteiger partial charge on any atom is 0.307 e. The lowest BCUT2D eigenvalue weighted by Crippen LogP contribution is -2.54. The van der Waals surface area contributed by atoms with Gasteiger partial charge in [0.2, 0.25) is 11.8 Å². The van der Waals surface area contributed by atoms with E-state index < -0.39 is 59.0 Å². The average Bonchev–Trinajstić information content (AvgIpc) is 3.50. The molecule has 0 radical (unpaired) electrons. The highest BCUT2D eigenvalue weighted by atomic mass is 19.3. The summed E-state index contributed by atoms with van der Waals surface area (Å²) in [5.41, 5.74) is -1.28. The van der Waals surface area contributed by atoms with Gasteiger partial charge in [-0.25, -0.2) is 9.97 Å². The number of nitrogens with zero attached hydrogens (tertiary/aromatic N) is 3. The van der Waals surface area contributed by atoms with E-state index in [0.717, 1.165) is 0 Å². The van der Waals surface area contributed by atoms with E-state index in [2.05, 4.69) is 9.97 Å². The van der Waals surface area contributed by atoms with Gasteiger partial charge < -0.3 is 28.6 Å². The highest BCUT2D eigenvalue weighted by molar-refractivity contribution is 5.87. The van der Waals surface area contributed by atoms with Crippen molar-refractivity contribution < 1.29 is 42.1 Å². The Morgan fingerprint density at radius 1 is 1.11 bits per heavy atom. The van der Waals surface area contributed by atoms with Crippen molar-refractivity contribution in [3.63, 3.8) is 0 Å². The van der Waals surface area contributed by atoms with E-state index in [-0.39, 0.29) is 42.6 Å². The van der Waals surface area contributed by atoms with Crippen molar-refractivity contribution in [2.75, 3.05) is 26.9 Å². The molecule has 10 nitrogen and oxygen atoms in total. The molecular formula is C32H39F2N3O7. The number of halogens is 2. The molecule has 2 aromatic rings. The lowest BCUT2D eigenvalue weighted by molar-refractivity contribution is -0.176. The van der Waals surface area contributed by atoms with Crippen LogP contribution in [0.25, 0.3) is 11.0 Å². The van der Waals surface area contributed by atoms with Gasteiger partial charge in [0.1, 0.15) is 23.7 Å². The van der Waals surface area contributed by atoms with Crippen LogP contribution in [0.3, 0.4) is 0 Å². The molecule has 1 amide bonds. The molecule has 0 unspecified atom stereocenters. The molecule has 3 fully saturated rings. The fraction of sp³-hybridized carbons (Fsp3) is 0.656. The van der Waals surface area contributed by atoms with Crippen LogP contribution in [-0.4, -0.2) is 77.6 Å². The summed E-state index contributed by atoms with van der Waals surface area (Å²) in [6.45, 7) is 6.01. The molecule has 0 N–H and O–H groups in total. The van der Waals surface area contributed by atoms with Crippen LogP contribution in [0.15, 0.2) is 18.2 Å². The zero-order chi connectivity index (χ0) is 31.4. The summed E-state index contributed by atoms with van der Waals surface area (Å²) >= 11 is 0. The first kappa shape index (κ1) is 30.6. The van der Waals surface area contributed by atoms with Crippen molar-refractivity contribution >= 4 is 29.2 Å². The summed E-state index contributed by atoms with van der Waals surface area (Å²) in [7, 11) is 1.49. The Balaban J connectivity index is 1.39. The topological polar surface area (TPSA) is 117 Å². The Morgan fingerprint density at radius 3 is 2.57 bits per heavy atom. The van der Waals surface area contributed by atoms with E-state index in [1.807, 2.05) is 13.8 Å². The lowest BCUT2D eigenvalue weighted by atomic mass is 9.72. The molecule has 3 aliphatic heterocycles. The summed E-state index contributed by atoms with van der Waals surface area (Å²) in [5.74, 6) is -5.35. The molecule has 4 aliphatic rings. The zero-order valence-corrected chi connectivity index (χ0v) is 25.5. The molecule has 1 aromatic carbocycles. The summed E-state index contributed by atoms with van der Waals surface area (Å²) < 4.78 is 54.6. The highest BCUT2D eigenvalue weighted by Crippen LogP contribution is 2.51. The lowest BCUT2D eigenvalue weighted by Gasteiger charge is -2.44. The van der Waals surface area contributed by atoms with E-state index in [9.17, 15) is 14.4 Å². The van der Waals surface area contributed by atoms with Crippen molar-refractivity contribution in [3.8, 4) is 11.6 Å². The SMILES string of the molecule is COc1ccc2nc3c(nc2c1)O[C@H]1CN(C(=O)[C@H](C2(C)COC2)CC(=O)O[C@]2(C)C[C@H]2CCCCC3(F)F)[C@H](C=O)[C@@H]1C. The van der Waals surface area contributed by atoms with Crippen molar-refractivity contribution in [3.05, 3.63) is 23.9 Å². The summed E-state index contributed by atoms with van der Waals surface area (Å²) in [6, 6.07) is 3.91. The molecular weight excluding hydrogens is 576 g/mol. The molecule has 12 heteroatoms. The predicted molar refractivity (Wildman–Crippen MR) is 153 cm³/mol. The monoisotopic (exact) mass is 615 g/mol. The number of fused-ring (bicyclic) bond motifs is 5. The molecule has 0 spiro atoms. The quantitative estimate of drug-likeness (QED) is 0.364. The third kappa shape index (κ3) is 5.50. The van der Waals surface area contributed by atoms with Gasteiger partial charge in [-0.3, -0.25) is 9.59 Å². The van der Waals surface area contributed by atoms with Crippen molar-refractivity contribution in [1.29, 1.82) is 0 Å². The molecule has 2 saturated heterocycles. The summed E-state index contributed by atoms with van der Waals surface area (Å²) in [4.78, 5) is 49.9. The number of methoxy groups -OCH3 is 1. The molecule has 1 saturated carbocycles. The fourth-order valence-corrected chi connectivity index (χ4v) is 6.92. The molecule has 2 bridgehead atoms. The van der Waals surface area contributed by atoms with Gasteiger partial charge in [-0.1, -0.05) is 20.3 Å². The van der Waals surface area contributed by atoms with E-state index in [0.29, 0.717) is 50.0 Å². The molecule has 4 heterocycles. The maximum absolute atomic E-state index is 15.9. The second-order valence-electron chi connectivity index (χ2n) is 13.4. The number of aldehydes is 1. The highest BCUT2D eigenvalue weighted by Gasteiger charge is 2.56. The second-order valence-corrected chi connectivity index (χ2v) is 13.4. The predicted octanol–water partition coefficient (Wildman–Crippen LogP) is 4.46. The number of amides is 1. The van der Waals surface area contributed by atoms with E-state index in [4.69, 9.17) is 18.9 Å². The van der Waals surface area contributed by atoms with Crippen LogP contribution in [0.2, 0.25) is 0 Å². The molecule has 6 rings (SSSR count). The molecule has 6 atom stereocenters. The third-order valence-electron chi connectivity index (χ3n) is 10.1. The molecule has 238 valence electrons. The normalized spacial score (nSPS) is 33.5. The Kier molecular flexibility index (Phi) is 7.78. The van der Waals surface area contributed by atoms with Crippen LogP contribution in [0.4, 0.5) is 8.78 Å². The number of rotatable bonds is 3. The maximum atomic E-state index is 15.9. The van der Waals surface area contributed by atoms with Crippen molar-refractivity contribution in [1.82, 2.24) is 14.9 Å². The Bertz CT molecular complexity index is 1470. The number of carbonyl (C=O) groups is 3.